The summed E-state index contributed by atoms with van der Waals surface area (Å²) in [6.07, 6.45) is -0.341. The molecule has 204 valence electrons. The molecular formula is C29H29N6O5+. The van der Waals surface area contributed by atoms with Gasteiger partial charge in [0.05, 0.1) is 18.8 Å². The Morgan fingerprint density at radius 1 is 1.12 bits per heavy atom. The number of methoxy groups -OCH3 is 1. The second-order valence-electron chi connectivity index (χ2n) is 8.92. The van der Waals surface area contributed by atoms with Crippen molar-refractivity contribution >= 4 is 24.3 Å². The number of hydrogen-bond acceptors (Lipinski definition) is 8. The van der Waals surface area contributed by atoms with Crippen molar-refractivity contribution in [2.24, 2.45) is 15.2 Å². The number of rotatable bonds is 12. The molecule has 0 bridgehead atoms. The second kappa shape index (κ2) is 13.2. The van der Waals surface area contributed by atoms with Gasteiger partial charge in [0.1, 0.15) is 12.3 Å². The minimum absolute atomic E-state index is 0.0401. The highest BCUT2D eigenvalue weighted by atomic mass is 16.5. The molecule has 1 heterocycles. The van der Waals surface area contributed by atoms with Crippen LogP contribution in [0.1, 0.15) is 34.8 Å². The van der Waals surface area contributed by atoms with Gasteiger partial charge in [-0.2, -0.15) is 0 Å². The molecule has 0 unspecified atom stereocenters. The first kappa shape index (κ1) is 28.1. The zero-order valence-electron chi connectivity index (χ0n) is 22.0. The number of hydrogen-bond donors (Lipinski definition) is 1. The molecule has 3 aromatic carbocycles. The largest absolute Gasteiger partial charge is 0.494 e. The summed E-state index contributed by atoms with van der Waals surface area (Å²) in [5.41, 5.74) is 10.7. The van der Waals surface area contributed by atoms with Gasteiger partial charge in [-0.1, -0.05) is 53.6 Å². The summed E-state index contributed by atoms with van der Waals surface area (Å²) in [5.74, 6) is 0.234. The molecule has 0 saturated carbocycles. The molecule has 0 radical (unpaired) electrons. The number of aliphatic hydroxyl groups is 1. The predicted molar refractivity (Wildman–Crippen MR) is 148 cm³/mol. The maximum Gasteiger partial charge on any atom is 0.338 e. The molecule has 0 aliphatic carbocycles. The lowest BCUT2D eigenvalue weighted by atomic mass is 9.81. The Hall–Kier alpha value is -4.95. The van der Waals surface area contributed by atoms with Gasteiger partial charge in [-0.15, -0.1) is 0 Å². The number of carbonyl (C=O) groups excluding carboxylic acids is 1. The predicted octanol–water partition coefficient (Wildman–Crippen LogP) is 4.92. The number of benzene rings is 3. The first-order chi connectivity index (χ1) is 19.6. The number of ether oxygens (including phenoxy) is 3. The van der Waals surface area contributed by atoms with Crippen LogP contribution in [0.2, 0.25) is 0 Å². The van der Waals surface area contributed by atoms with Gasteiger partial charge < -0.3 is 19.3 Å². The van der Waals surface area contributed by atoms with Gasteiger partial charge in [0, 0.05) is 46.0 Å². The molecule has 2 atom stereocenters. The molecule has 3 aromatic rings. The Bertz CT molecular complexity index is 1480. The Morgan fingerprint density at radius 3 is 2.55 bits per heavy atom. The van der Waals surface area contributed by atoms with Gasteiger partial charge in [-0.05, 0) is 40.9 Å². The van der Waals surface area contributed by atoms with Crippen LogP contribution in [0.5, 0.6) is 5.75 Å². The molecule has 0 spiro atoms. The van der Waals surface area contributed by atoms with E-state index in [0.29, 0.717) is 35.6 Å². The first-order valence-corrected chi connectivity index (χ1v) is 12.6. The van der Waals surface area contributed by atoms with E-state index in [0.717, 1.165) is 11.1 Å². The number of aliphatic imine (C=N–C) groups is 1. The SMILES string of the molecule is C=[N+]=NCc1ccccc1C[C@]1(C(=O)OC)N=C(c2ccc(OCCCO)cc2)O[C@H]1c1ccccc1N=[N+]=[N-]. The van der Waals surface area contributed by atoms with Crippen molar-refractivity contribution in [3.63, 3.8) is 0 Å². The first-order valence-electron chi connectivity index (χ1n) is 12.6. The van der Waals surface area contributed by atoms with E-state index in [1.54, 1.807) is 48.5 Å². The minimum Gasteiger partial charge on any atom is -0.494 e. The molecule has 1 aliphatic rings. The van der Waals surface area contributed by atoms with Gasteiger partial charge >= 0.3 is 5.97 Å². The molecule has 1 N–H and O–H groups in total. The maximum atomic E-state index is 13.7. The summed E-state index contributed by atoms with van der Waals surface area (Å²) in [4.78, 5) is 25.1. The molecular weight excluding hydrogens is 512 g/mol. The van der Waals surface area contributed by atoms with E-state index in [2.05, 4.69) is 26.6 Å². The highest BCUT2D eigenvalue weighted by Crippen LogP contribution is 2.46. The summed E-state index contributed by atoms with van der Waals surface area (Å²) in [7, 11) is 1.30. The maximum absolute atomic E-state index is 13.7. The zero-order chi connectivity index (χ0) is 28.4. The number of esters is 1. The molecule has 0 fully saturated rings. The standard InChI is InChI=1S/C29H29N6O5/c1-31-32-19-22-9-4-3-8-21(22)18-29(28(37)38-2)26(24-10-5-6-11-25(24)34-35-30)40-27(33-29)20-12-14-23(15-13-20)39-17-7-16-36/h3-6,8-15,26,36H,1,7,16-19H2,2H3/q+1/t26-,29-/m0/s1. The third kappa shape index (κ3) is 6.03. The average molecular weight is 542 g/mol. The minimum atomic E-state index is -1.56. The smallest absolute Gasteiger partial charge is 0.338 e. The summed E-state index contributed by atoms with van der Waals surface area (Å²) < 4.78 is 17.4. The lowest BCUT2D eigenvalue weighted by Crippen LogP contribution is -2.44. The fourth-order valence-corrected chi connectivity index (χ4v) is 4.56. The van der Waals surface area contributed by atoms with E-state index >= 15 is 0 Å². The van der Waals surface area contributed by atoms with Crippen molar-refractivity contribution in [3.05, 3.63) is 105 Å². The van der Waals surface area contributed by atoms with Crippen LogP contribution in [-0.4, -0.2) is 54.3 Å². The quantitative estimate of drug-likeness (QED) is 0.0861. The lowest BCUT2D eigenvalue weighted by Gasteiger charge is -2.30. The molecule has 11 heteroatoms. The molecule has 1 aliphatic heterocycles. The van der Waals surface area contributed by atoms with Crippen LogP contribution >= 0.6 is 0 Å². The second-order valence-corrected chi connectivity index (χ2v) is 8.92. The number of azide groups is 1. The molecule has 0 saturated heterocycles. The van der Waals surface area contributed by atoms with Crippen molar-refractivity contribution in [2.75, 3.05) is 20.3 Å². The third-order valence-corrected chi connectivity index (χ3v) is 6.47. The number of carbonyl (C=O) groups is 1. The summed E-state index contributed by atoms with van der Waals surface area (Å²) in [6, 6.07) is 21.5. The lowest BCUT2D eigenvalue weighted by molar-refractivity contribution is -0.149. The van der Waals surface area contributed by atoms with Crippen molar-refractivity contribution in [1.82, 2.24) is 0 Å². The normalized spacial score (nSPS) is 17.6. The zero-order valence-corrected chi connectivity index (χ0v) is 22.0. The van der Waals surface area contributed by atoms with Crippen LogP contribution < -0.4 is 4.74 Å². The Labute approximate surface area is 231 Å². The molecule has 0 amide bonds. The Kier molecular flexibility index (Phi) is 9.27. The van der Waals surface area contributed by atoms with Crippen LogP contribution in [0.4, 0.5) is 5.69 Å². The molecule has 0 aromatic heterocycles. The fraction of sp³-hybridized carbons (Fsp3) is 0.276. The van der Waals surface area contributed by atoms with Crippen molar-refractivity contribution in [1.29, 1.82) is 0 Å². The highest BCUT2D eigenvalue weighted by molar-refractivity contribution is 6.00. The topological polar surface area (TPSA) is 153 Å². The van der Waals surface area contributed by atoms with Gasteiger partial charge in [-0.3, -0.25) is 0 Å². The van der Waals surface area contributed by atoms with E-state index < -0.39 is 17.6 Å². The fourth-order valence-electron chi connectivity index (χ4n) is 4.56. The Morgan fingerprint density at radius 2 is 1.85 bits per heavy atom. The van der Waals surface area contributed by atoms with Crippen molar-refractivity contribution < 1.29 is 28.9 Å². The third-order valence-electron chi connectivity index (χ3n) is 6.47. The number of nitrogens with zero attached hydrogens (tertiary/aromatic N) is 6. The van der Waals surface area contributed by atoms with E-state index in [4.69, 9.17) is 24.3 Å². The summed E-state index contributed by atoms with van der Waals surface area (Å²) >= 11 is 0. The van der Waals surface area contributed by atoms with Gasteiger partial charge in [-0.25, -0.2) is 9.79 Å². The highest BCUT2D eigenvalue weighted by Gasteiger charge is 2.55. The number of aliphatic hydroxyl groups excluding tert-OH is 1. The van der Waals surface area contributed by atoms with Crippen molar-refractivity contribution in [3.8, 4) is 5.75 Å². The molecule has 4 rings (SSSR count). The van der Waals surface area contributed by atoms with Crippen LogP contribution in [0.25, 0.3) is 10.4 Å². The molecule has 11 nitrogen and oxygen atoms in total. The van der Waals surface area contributed by atoms with Crippen LogP contribution in [0.15, 0.2) is 88.0 Å². The van der Waals surface area contributed by atoms with Gasteiger partial charge in [0.15, 0.2) is 6.10 Å². The summed E-state index contributed by atoms with van der Waals surface area (Å²) in [6.45, 7) is 4.11. The van der Waals surface area contributed by atoms with Crippen molar-refractivity contribution in [2.45, 2.75) is 31.0 Å². The van der Waals surface area contributed by atoms with Crippen LogP contribution in [0.3, 0.4) is 0 Å². The molecule has 40 heavy (non-hydrogen) atoms. The van der Waals surface area contributed by atoms with E-state index in [-0.39, 0.29) is 25.5 Å². The van der Waals surface area contributed by atoms with Gasteiger partial charge in [0.25, 0.3) is 6.72 Å². The van der Waals surface area contributed by atoms with E-state index in [1.807, 2.05) is 24.3 Å². The van der Waals surface area contributed by atoms with Crippen LogP contribution in [-0.2, 0) is 27.2 Å². The van der Waals surface area contributed by atoms with E-state index in [9.17, 15) is 10.3 Å². The average Bonchev–Trinajstić information content (AvgIpc) is 3.37. The van der Waals surface area contributed by atoms with Crippen LogP contribution in [0, 0.1) is 0 Å². The van der Waals surface area contributed by atoms with E-state index in [1.165, 1.54) is 7.11 Å². The van der Waals surface area contributed by atoms with Gasteiger partial charge in [0.2, 0.25) is 11.4 Å². The monoisotopic (exact) mass is 541 g/mol. The summed E-state index contributed by atoms with van der Waals surface area (Å²) in [5, 5.41) is 16.9. The Balaban J connectivity index is 1.84.